The normalized spacial score (nSPS) is 11.7. The Kier molecular flexibility index (Phi) is 7.39. The first-order valence-electron chi connectivity index (χ1n) is 11.7. The second-order valence-corrected chi connectivity index (χ2v) is 8.42. The predicted octanol–water partition coefficient (Wildman–Crippen LogP) is 5.59. The number of hydrogen-bond acceptors (Lipinski definition) is 4. The van der Waals surface area contributed by atoms with Crippen molar-refractivity contribution >= 4 is 5.97 Å². The minimum absolute atomic E-state index is 0.253. The number of aliphatic hydroxyl groups excluding tert-OH is 1. The molecule has 0 amide bonds. The molecular weight excluding hydrogens is 438 g/mol. The Bertz CT molecular complexity index is 1350. The number of unbranched alkanes of at least 4 members (excludes halogenated alkanes) is 1. The fourth-order valence-corrected chi connectivity index (χ4v) is 4.21. The monoisotopic (exact) mass is 465 g/mol. The summed E-state index contributed by atoms with van der Waals surface area (Å²) in [5, 5.41) is 30.5. The van der Waals surface area contributed by atoms with Crippen molar-refractivity contribution < 1.29 is 15.0 Å². The number of benzene rings is 3. The molecule has 0 spiro atoms. The Hall–Kier alpha value is -4.21. The summed E-state index contributed by atoms with van der Waals surface area (Å²) in [7, 11) is 0. The average Bonchev–Trinajstić information content (AvgIpc) is 3.24. The van der Waals surface area contributed by atoms with Crippen molar-refractivity contribution in [1.82, 2.24) is 9.55 Å². The lowest BCUT2D eigenvalue weighted by atomic mass is 9.98. The van der Waals surface area contributed by atoms with Gasteiger partial charge in [-0.2, -0.15) is 5.26 Å². The maximum atomic E-state index is 11.6. The number of hydrogen-bond donors (Lipinski definition) is 2. The zero-order valence-corrected chi connectivity index (χ0v) is 19.6. The number of carboxylic acids is 1. The molecule has 0 fully saturated rings. The number of aryl methyl sites for hydroxylation is 1. The predicted molar refractivity (Wildman–Crippen MR) is 134 cm³/mol. The highest BCUT2D eigenvalue weighted by Crippen LogP contribution is 2.28. The van der Waals surface area contributed by atoms with Crippen LogP contribution in [0.4, 0.5) is 0 Å². The Morgan fingerprint density at radius 1 is 1.03 bits per heavy atom. The summed E-state index contributed by atoms with van der Waals surface area (Å²) in [5.41, 5.74) is 4.09. The maximum Gasteiger partial charge on any atom is 0.336 e. The number of nitrogens with zero attached hydrogens (tertiary/aromatic N) is 3. The number of nitriles is 1. The largest absolute Gasteiger partial charge is 0.478 e. The van der Waals surface area contributed by atoms with Gasteiger partial charge in [0, 0.05) is 13.0 Å². The van der Waals surface area contributed by atoms with Crippen LogP contribution in [-0.2, 0) is 13.0 Å². The van der Waals surface area contributed by atoms with Gasteiger partial charge in [-0.25, -0.2) is 9.78 Å². The number of carboxylic acid groups (broad SMARTS) is 1. The van der Waals surface area contributed by atoms with Gasteiger partial charge in [0.15, 0.2) is 0 Å². The minimum Gasteiger partial charge on any atom is -0.478 e. The second-order valence-electron chi connectivity index (χ2n) is 8.42. The summed E-state index contributed by atoms with van der Waals surface area (Å²) in [6.45, 7) is 2.53. The van der Waals surface area contributed by atoms with Gasteiger partial charge < -0.3 is 14.8 Å². The molecule has 2 N–H and O–H groups in total. The van der Waals surface area contributed by atoms with E-state index in [2.05, 4.69) is 13.0 Å². The first-order chi connectivity index (χ1) is 17.0. The van der Waals surface area contributed by atoms with E-state index in [0.29, 0.717) is 35.5 Å². The number of aliphatic hydroxyl groups is 1. The second kappa shape index (κ2) is 10.8. The highest BCUT2D eigenvalue weighted by atomic mass is 16.4. The Morgan fingerprint density at radius 3 is 2.37 bits per heavy atom. The van der Waals surface area contributed by atoms with Gasteiger partial charge in [-0.3, -0.25) is 0 Å². The Labute approximate surface area is 204 Å². The lowest BCUT2D eigenvalue weighted by Gasteiger charge is -2.12. The van der Waals surface area contributed by atoms with Crippen molar-refractivity contribution in [2.75, 3.05) is 0 Å². The molecule has 1 unspecified atom stereocenters. The third-order valence-electron chi connectivity index (χ3n) is 6.07. The summed E-state index contributed by atoms with van der Waals surface area (Å²) in [6.07, 6.45) is 1.63. The summed E-state index contributed by atoms with van der Waals surface area (Å²) in [6, 6.07) is 26.1. The lowest BCUT2D eigenvalue weighted by molar-refractivity contribution is 0.0697. The molecule has 176 valence electrons. The van der Waals surface area contributed by atoms with Crippen LogP contribution in [0.2, 0.25) is 0 Å². The van der Waals surface area contributed by atoms with E-state index in [-0.39, 0.29) is 5.56 Å². The molecule has 0 aliphatic rings. The molecule has 0 radical (unpaired) electrons. The van der Waals surface area contributed by atoms with E-state index in [1.807, 2.05) is 65.2 Å². The molecule has 1 aromatic heterocycles. The van der Waals surface area contributed by atoms with E-state index in [0.717, 1.165) is 29.8 Å². The van der Waals surface area contributed by atoms with E-state index in [4.69, 9.17) is 4.98 Å². The van der Waals surface area contributed by atoms with E-state index < -0.39 is 12.1 Å². The van der Waals surface area contributed by atoms with Crippen molar-refractivity contribution in [3.63, 3.8) is 0 Å². The minimum atomic E-state index is -0.984. The van der Waals surface area contributed by atoms with Gasteiger partial charge >= 0.3 is 5.97 Å². The summed E-state index contributed by atoms with van der Waals surface area (Å²) >= 11 is 0. The standard InChI is InChI=1S/C29H27N3O3/c1-2-3-13-26-31-27(28(33)22-9-5-4-6-10-22)25(18-30)32(26)19-20-14-16-21(17-15-20)23-11-7-8-12-24(23)29(34)35/h4-12,14-17,28,33H,2-3,13,19H2,1H3,(H,34,35). The topological polar surface area (TPSA) is 99.1 Å². The molecule has 0 saturated carbocycles. The van der Waals surface area contributed by atoms with Crippen molar-refractivity contribution in [1.29, 1.82) is 5.26 Å². The Balaban J connectivity index is 1.69. The zero-order chi connectivity index (χ0) is 24.8. The molecule has 1 atom stereocenters. The number of carbonyl (C=O) groups is 1. The van der Waals surface area contributed by atoms with Gasteiger partial charge in [0.1, 0.15) is 29.4 Å². The molecule has 1 heterocycles. The van der Waals surface area contributed by atoms with Gasteiger partial charge in [-0.05, 0) is 34.7 Å². The van der Waals surface area contributed by atoms with E-state index in [1.54, 1.807) is 18.2 Å². The number of imidazole rings is 1. The van der Waals surface area contributed by atoms with Crippen LogP contribution in [0.3, 0.4) is 0 Å². The zero-order valence-electron chi connectivity index (χ0n) is 19.6. The van der Waals surface area contributed by atoms with Crippen LogP contribution >= 0.6 is 0 Å². The molecule has 6 nitrogen and oxygen atoms in total. The maximum absolute atomic E-state index is 11.6. The molecule has 35 heavy (non-hydrogen) atoms. The van der Waals surface area contributed by atoms with Gasteiger partial charge in [-0.1, -0.05) is 86.1 Å². The summed E-state index contributed by atoms with van der Waals surface area (Å²) in [4.78, 5) is 16.3. The molecule has 0 saturated heterocycles. The van der Waals surface area contributed by atoms with Crippen LogP contribution in [-0.4, -0.2) is 25.7 Å². The summed E-state index contributed by atoms with van der Waals surface area (Å²) in [5.74, 6) is -0.194. The molecule has 0 aliphatic carbocycles. The quantitative estimate of drug-likeness (QED) is 0.336. The van der Waals surface area contributed by atoms with Gasteiger partial charge in [0.2, 0.25) is 0 Å². The van der Waals surface area contributed by atoms with Crippen molar-refractivity contribution in [2.24, 2.45) is 0 Å². The SMILES string of the molecule is CCCCc1nc(C(O)c2ccccc2)c(C#N)n1Cc1ccc(-c2ccccc2C(=O)O)cc1. The van der Waals surface area contributed by atoms with Crippen LogP contribution in [0, 0.1) is 11.3 Å². The molecule has 6 heteroatoms. The van der Waals surface area contributed by atoms with Crippen LogP contribution in [0.1, 0.15) is 64.6 Å². The smallest absolute Gasteiger partial charge is 0.336 e. The number of aromatic carboxylic acids is 1. The molecule has 3 aromatic carbocycles. The fourth-order valence-electron chi connectivity index (χ4n) is 4.21. The van der Waals surface area contributed by atoms with Crippen LogP contribution in [0.25, 0.3) is 11.1 Å². The molecular formula is C29H27N3O3. The van der Waals surface area contributed by atoms with Crippen LogP contribution < -0.4 is 0 Å². The van der Waals surface area contributed by atoms with E-state index >= 15 is 0 Å². The highest BCUT2D eigenvalue weighted by Gasteiger charge is 2.24. The van der Waals surface area contributed by atoms with Crippen molar-refractivity contribution in [3.8, 4) is 17.2 Å². The lowest BCUT2D eigenvalue weighted by Crippen LogP contribution is -2.08. The molecule has 0 aliphatic heterocycles. The average molecular weight is 466 g/mol. The first kappa shape index (κ1) is 23.9. The molecule has 4 rings (SSSR count). The highest BCUT2D eigenvalue weighted by molar-refractivity contribution is 5.95. The van der Waals surface area contributed by atoms with E-state index in [9.17, 15) is 20.3 Å². The third kappa shape index (κ3) is 5.16. The van der Waals surface area contributed by atoms with Crippen molar-refractivity contribution in [2.45, 2.75) is 38.8 Å². The number of aromatic nitrogens is 2. The van der Waals surface area contributed by atoms with Gasteiger partial charge in [0.05, 0.1) is 5.56 Å². The molecule has 4 aromatic rings. The molecule has 0 bridgehead atoms. The number of rotatable bonds is 9. The third-order valence-corrected chi connectivity index (χ3v) is 6.07. The Morgan fingerprint density at radius 2 is 1.71 bits per heavy atom. The van der Waals surface area contributed by atoms with Crippen LogP contribution in [0.5, 0.6) is 0 Å². The van der Waals surface area contributed by atoms with Gasteiger partial charge in [0.25, 0.3) is 0 Å². The van der Waals surface area contributed by atoms with Crippen molar-refractivity contribution in [3.05, 3.63) is 113 Å². The van der Waals surface area contributed by atoms with Crippen LogP contribution in [0.15, 0.2) is 78.9 Å². The first-order valence-corrected chi connectivity index (χ1v) is 11.7. The fraction of sp³-hybridized carbons (Fsp3) is 0.207. The van der Waals surface area contributed by atoms with E-state index in [1.165, 1.54) is 0 Å². The van der Waals surface area contributed by atoms with Gasteiger partial charge in [-0.15, -0.1) is 0 Å². The summed E-state index contributed by atoms with van der Waals surface area (Å²) < 4.78 is 1.89.